The van der Waals surface area contributed by atoms with Gasteiger partial charge in [0.15, 0.2) is 5.69 Å². The largest absolute Gasteiger partial charge is 0.491 e. The predicted molar refractivity (Wildman–Crippen MR) is 107 cm³/mol. The van der Waals surface area contributed by atoms with Gasteiger partial charge in [-0.2, -0.15) is 5.10 Å². The Morgan fingerprint density at radius 2 is 1.79 bits per heavy atom. The fraction of sp³-hybridized carbons (Fsp3) is 0.286. The summed E-state index contributed by atoms with van der Waals surface area (Å²) >= 11 is 0. The van der Waals surface area contributed by atoms with Crippen molar-refractivity contribution in [2.24, 2.45) is 5.73 Å². The molecule has 1 unspecified atom stereocenters. The molecule has 0 saturated carbocycles. The summed E-state index contributed by atoms with van der Waals surface area (Å²) in [5.74, 6) is 0.228. The molecular weight excluding hydrogens is 358 g/mol. The minimum absolute atomic E-state index is 0.00604. The molecule has 3 rings (SSSR count). The van der Waals surface area contributed by atoms with Gasteiger partial charge in [0.2, 0.25) is 0 Å². The Morgan fingerprint density at radius 1 is 1.14 bits per heavy atom. The molecule has 1 heterocycles. The number of benzene rings is 2. The molecule has 7 nitrogen and oxygen atoms in total. The molecule has 3 aromatic rings. The highest BCUT2D eigenvalue weighted by molar-refractivity contribution is 6.03. The summed E-state index contributed by atoms with van der Waals surface area (Å²) in [5.41, 5.74) is 6.03. The topological polar surface area (TPSA) is 107 Å². The quantitative estimate of drug-likeness (QED) is 0.651. The van der Waals surface area contributed by atoms with Crippen molar-refractivity contribution in [1.29, 1.82) is 0 Å². The highest BCUT2D eigenvalue weighted by Gasteiger charge is 2.17. The molecule has 0 aliphatic carbocycles. The van der Waals surface area contributed by atoms with Gasteiger partial charge in [-0.15, -0.1) is 0 Å². The lowest BCUT2D eigenvalue weighted by Gasteiger charge is -2.17. The number of fused-ring (bicyclic) bond motifs is 1. The molecule has 0 aliphatic heterocycles. The number of rotatable bonds is 7. The van der Waals surface area contributed by atoms with Crippen molar-refractivity contribution in [1.82, 2.24) is 9.78 Å². The van der Waals surface area contributed by atoms with E-state index >= 15 is 0 Å². The van der Waals surface area contributed by atoms with Crippen molar-refractivity contribution in [2.75, 3.05) is 6.61 Å². The first kappa shape index (κ1) is 19.6. The van der Waals surface area contributed by atoms with E-state index in [9.17, 15) is 14.7 Å². The van der Waals surface area contributed by atoms with E-state index in [1.54, 1.807) is 24.3 Å². The molecule has 0 spiro atoms. The molecule has 28 heavy (non-hydrogen) atoms. The van der Waals surface area contributed by atoms with Crippen LogP contribution in [0, 0.1) is 0 Å². The van der Waals surface area contributed by atoms with Gasteiger partial charge in [-0.3, -0.25) is 9.59 Å². The number of amides is 1. The molecule has 146 valence electrons. The number of hydrogen-bond acceptors (Lipinski definition) is 5. The minimum Gasteiger partial charge on any atom is -0.491 e. The van der Waals surface area contributed by atoms with Crippen LogP contribution in [0.2, 0.25) is 0 Å². The highest BCUT2D eigenvalue weighted by Crippen LogP contribution is 2.25. The van der Waals surface area contributed by atoms with Crippen molar-refractivity contribution in [2.45, 2.75) is 32.4 Å². The van der Waals surface area contributed by atoms with Gasteiger partial charge in [-0.05, 0) is 23.6 Å². The zero-order valence-electron chi connectivity index (χ0n) is 15.8. The molecule has 1 atom stereocenters. The van der Waals surface area contributed by atoms with Crippen molar-refractivity contribution in [3.05, 3.63) is 70.1 Å². The van der Waals surface area contributed by atoms with Crippen LogP contribution in [-0.4, -0.2) is 33.5 Å². The Hall–Kier alpha value is -3.19. The van der Waals surface area contributed by atoms with Crippen LogP contribution >= 0.6 is 0 Å². The molecule has 0 fully saturated rings. The zero-order chi connectivity index (χ0) is 20.3. The second kappa shape index (κ2) is 8.22. The number of aliphatic hydroxyl groups is 1. The first-order chi connectivity index (χ1) is 13.4. The Morgan fingerprint density at radius 3 is 2.46 bits per heavy atom. The van der Waals surface area contributed by atoms with Crippen molar-refractivity contribution < 1.29 is 14.6 Å². The van der Waals surface area contributed by atoms with Gasteiger partial charge in [0.25, 0.3) is 11.5 Å². The Labute approximate surface area is 162 Å². The second-order valence-corrected chi connectivity index (χ2v) is 6.90. The van der Waals surface area contributed by atoms with E-state index in [-0.39, 0.29) is 24.8 Å². The predicted octanol–water partition coefficient (Wildman–Crippen LogP) is 2.06. The third kappa shape index (κ3) is 4.04. The summed E-state index contributed by atoms with van der Waals surface area (Å²) in [6.45, 7) is 3.98. The fourth-order valence-corrected chi connectivity index (χ4v) is 3.07. The molecule has 2 aromatic carbocycles. The second-order valence-electron chi connectivity index (χ2n) is 6.90. The number of carbonyl (C=O) groups is 1. The standard InChI is InChI=1S/C21H23N3O4/c1-13(2)15-7-5-6-10-18(15)28-12-14(25)11-24-21(27)17-9-4-3-8-16(17)19(23-24)20(22)26/h3-10,13-14,25H,11-12H2,1-2H3,(H2,22,26). The first-order valence-electron chi connectivity index (χ1n) is 9.08. The SMILES string of the molecule is CC(C)c1ccccc1OCC(O)Cn1nc(C(N)=O)c2ccccc2c1=O. The lowest BCUT2D eigenvalue weighted by atomic mass is 10.0. The molecule has 1 amide bonds. The number of hydrogen-bond donors (Lipinski definition) is 2. The van der Waals surface area contributed by atoms with Gasteiger partial charge in [0, 0.05) is 5.39 Å². The molecule has 0 bridgehead atoms. The summed E-state index contributed by atoms with van der Waals surface area (Å²) in [6.07, 6.45) is -0.993. The molecule has 7 heteroatoms. The summed E-state index contributed by atoms with van der Waals surface area (Å²) in [6, 6.07) is 14.2. The minimum atomic E-state index is -0.993. The number of ether oxygens (including phenoxy) is 1. The smallest absolute Gasteiger partial charge is 0.274 e. The first-order valence-corrected chi connectivity index (χ1v) is 9.08. The number of aliphatic hydroxyl groups excluding tert-OH is 1. The van der Waals surface area contributed by atoms with E-state index in [1.165, 1.54) is 0 Å². The molecular formula is C21H23N3O4. The van der Waals surface area contributed by atoms with Crippen LogP contribution in [0.4, 0.5) is 0 Å². The lowest BCUT2D eigenvalue weighted by Crippen LogP contribution is -2.34. The van der Waals surface area contributed by atoms with Crippen LogP contribution in [0.5, 0.6) is 5.75 Å². The average molecular weight is 381 g/mol. The zero-order valence-corrected chi connectivity index (χ0v) is 15.8. The molecule has 0 radical (unpaired) electrons. The van der Waals surface area contributed by atoms with Gasteiger partial charge in [-0.1, -0.05) is 50.2 Å². The van der Waals surface area contributed by atoms with E-state index in [2.05, 4.69) is 18.9 Å². The summed E-state index contributed by atoms with van der Waals surface area (Å²) < 4.78 is 6.81. The van der Waals surface area contributed by atoms with Crippen LogP contribution in [0.15, 0.2) is 53.3 Å². The fourth-order valence-electron chi connectivity index (χ4n) is 3.07. The molecule has 0 saturated heterocycles. The maximum absolute atomic E-state index is 12.7. The summed E-state index contributed by atoms with van der Waals surface area (Å²) in [4.78, 5) is 24.4. The third-order valence-corrected chi connectivity index (χ3v) is 4.46. The van der Waals surface area contributed by atoms with E-state index in [0.29, 0.717) is 16.5 Å². The lowest BCUT2D eigenvalue weighted by molar-refractivity contribution is 0.0866. The normalized spacial score (nSPS) is 12.3. The maximum Gasteiger partial charge on any atom is 0.274 e. The van der Waals surface area contributed by atoms with E-state index in [1.807, 2.05) is 24.3 Å². The van der Waals surface area contributed by atoms with Gasteiger partial charge in [-0.25, -0.2) is 4.68 Å². The van der Waals surface area contributed by atoms with Crippen LogP contribution in [0.3, 0.4) is 0 Å². The average Bonchev–Trinajstić information content (AvgIpc) is 2.68. The molecule has 1 aromatic heterocycles. The molecule has 0 aliphatic rings. The van der Waals surface area contributed by atoms with Crippen LogP contribution in [0.25, 0.3) is 10.8 Å². The van der Waals surface area contributed by atoms with E-state index < -0.39 is 17.6 Å². The van der Waals surface area contributed by atoms with Crippen LogP contribution in [0.1, 0.15) is 35.8 Å². The molecule has 3 N–H and O–H groups in total. The third-order valence-electron chi connectivity index (χ3n) is 4.46. The van der Waals surface area contributed by atoms with E-state index in [0.717, 1.165) is 10.2 Å². The number of carbonyl (C=O) groups excluding carboxylic acids is 1. The van der Waals surface area contributed by atoms with Gasteiger partial charge >= 0.3 is 0 Å². The number of nitrogens with zero attached hydrogens (tertiary/aromatic N) is 2. The van der Waals surface area contributed by atoms with Gasteiger partial charge in [0.05, 0.1) is 11.9 Å². The Bertz CT molecular complexity index is 1060. The maximum atomic E-state index is 12.7. The number of primary amides is 1. The Balaban J connectivity index is 1.82. The highest BCUT2D eigenvalue weighted by atomic mass is 16.5. The van der Waals surface area contributed by atoms with Gasteiger partial charge in [0.1, 0.15) is 18.5 Å². The van der Waals surface area contributed by atoms with Crippen LogP contribution < -0.4 is 16.0 Å². The number of nitrogens with two attached hydrogens (primary N) is 1. The van der Waals surface area contributed by atoms with E-state index in [4.69, 9.17) is 10.5 Å². The van der Waals surface area contributed by atoms with Crippen molar-refractivity contribution in [3.8, 4) is 5.75 Å². The summed E-state index contributed by atoms with van der Waals surface area (Å²) in [7, 11) is 0. The summed E-state index contributed by atoms with van der Waals surface area (Å²) in [5, 5.41) is 15.2. The number of para-hydroxylation sites is 1. The number of aromatic nitrogens is 2. The van der Waals surface area contributed by atoms with Crippen molar-refractivity contribution >= 4 is 16.7 Å². The van der Waals surface area contributed by atoms with Crippen molar-refractivity contribution in [3.63, 3.8) is 0 Å². The Kier molecular flexibility index (Phi) is 5.75. The van der Waals surface area contributed by atoms with Crippen LogP contribution in [-0.2, 0) is 6.54 Å². The monoisotopic (exact) mass is 381 g/mol. The van der Waals surface area contributed by atoms with Gasteiger partial charge < -0.3 is 15.6 Å².